The van der Waals surface area contributed by atoms with Gasteiger partial charge in [-0.15, -0.1) is 0 Å². The fourth-order valence-electron chi connectivity index (χ4n) is 2.08. The molecule has 0 spiro atoms. The summed E-state index contributed by atoms with van der Waals surface area (Å²) in [6, 6.07) is 6.15. The third-order valence-corrected chi connectivity index (χ3v) is 3.25. The average molecular weight is 235 g/mol. The van der Waals surface area contributed by atoms with Crippen LogP contribution in [0.2, 0.25) is 0 Å². The van der Waals surface area contributed by atoms with Gasteiger partial charge in [-0.3, -0.25) is 0 Å². The summed E-state index contributed by atoms with van der Waals surface area (Å²) in [6.07, 6.45) is 0.244. The van der Waals surface area contributed by atoms with Crippen molar-refractivity contribution in [1.82, 2.24) is 0 Å². The van der Waals surface area contributed by atoms with E-state index in [1.165, 1.54) is 16.7 Å². The molecule has 1 aromatic carbocycles. The van der Waals surface area contributed by atoms with Crippen LogP contribution in [0.25, 0.3) is 0 Å². The molecule has 0 aromatic heterocycles. The fraction of sp³-hybridized carbons (Fsp3) is 0.600. The van der Waals surface area contributed by atoms with Crippen LogP contribution in [-0.4, -0.2) is 17.3 Å². The van der Waals surface area contributed by atoms with Gasteiger partial charge in [-0.1, -0.05) is 44.5 Å². The number of hydrogen-bond donors (Lipinski definition) is 2. The van der Waals surface area contributed by atoms with Crippen molar-refractivity contribution in [2.75, 3.05) is 0 Å². The third kappa shape index (κ3) is 3.83. The van der Waals surface area contributed by atoms with Crippen LogP contribution in [-0.2, 0) is 6.42 Å². The minimum absolute atomic E-state index is 0.169. The molecule has 2 heteroatoms. The zero-order valence-corrected chi connectivity index (χ0v) is 11.6. The summed E-state index contributed by atoms with van der Waals surface area (Å²) in [5, 5.41) is 10.1. The molecule has 3 N–H and O–H groups in total. The molecule has 2 nitrogen and oxygen atoms in total. The monoisotopic (exact) mass is 235 g/mol. The zero-order chi connectivity index (χ0) is 13.2. The SMILES string of the molecule is Cc1ccc(CC(N)C(O)C(C)(C)C)c(C)c1. The molecular formula is C15H25NO. The Hall–Kier alpha value is -0.860. The molecule has 2 unspecified atom stereocenters. The van der Waals surface area contributed by atoms with E-state index >= 15 is 0 Å². The molecule has 1 aromatic rings. The standard InChI is InChI=1S/C15H25NO/c1-10-6-7-12(11(2)8-10)9-13(16)14(17)15(3,4)5/h6-8,13-14,17H,9,16H2,1-5H3. The first-order valence-electron chi connectivity index (χ1n) is 6.21. The second-order valence-electron chi connectivity index (χ2n) is 6.11. The predicted octanol–water partition coefficient (Wildman–Crippen LogP) is 2.58. The summed E-state index contributed by atoms with van der Waals surface area (Å²) in [4.78, 5) is 0. The minimum atomic E-state index is -0.483. The summed E-state index contributed by atoms with van der Waals surface area (Å²) < 4.78 is 0. The van der Waals surface area contributed by atoms with Gasteiger partial charge in [0, 0.05) is 6.04 Å². The van der Waals surface area contributed by atoms with Gasteiger partial charge in [0.25, 0.3) is 0 Å². The highest BCUT2D eigenvalue weighted by atomic mass is 16.3. The van der Waals surface area contributed by atoms with E-state index in [1.807, 2.05) is 20.8 Å². The molecule has 0 radical (unpaired) electrons. The van der Waals surface area contributed by atoms with Crippen LogP contribution >= 0.6 is 0 Å². The fourth-order valence-corrected chi connectivity index (χ4v) is 2.08. The molecule has 0 heterocycles. The number of aliphatic hydroxyl groups is 1. The smallest absolute Gasteiger partial charge is 0.0742 e. The van der Waals surface area contributed by atoms with Crippen LogP contribution in [0.15, 0.2) is 18.2 Å². The van der Waals surface area contributed by atoms with Crippen LogP contribution in [0.5, 0.6) is 0 Å². The molecule has 17 heavy (non-hydrogen) atoms. The van der Waals surface area contributed by atoms with Gasteiger partial charge in [-0.05, 0) is 36.8 Å². The lowest BCUT2D eigenvalue weighted by Crippen LogP contribution is -2.44. The maximum Gasteiger partial charge on any atom is 0.0742 e. The second-order valence-corrected chi connectivity index (χ2v) is 6.11. The highest BCUT2D eigenvalue weighted by Crippen LogP contribution is 2.23. The molecule has 0 aliphatic carbocycles. The first kappa shape index (κ1) is 14.2. The Balaban J connectivity index is 2.78. The third-order valence-electron chi connectivity index (χ3n) is 3.25. The van der Waals surface area contributed by atoms with Crippen molar-refractivity contribution in [2.45, 2.75) is 53.2 Å². The van der Waals surface area contributed by atoms with Crippen molar-refractivity contribution in [3.63, 3.8) is 0 Å². The molecule has 0 saturated carbocycles. The Labute approximate surface area is 105 Å². The Morgan fingerprint density at radius 3 is 2.29 bits per heavy atom. The van der Waals surface area contributed by atoms with Crippen molar-refractivity contribution >= 4 is 0 Å². The molecule has 96 valence electrons. The van der Waals surface area contributed by atoms with Crippen molar-refractivity contribution in [3.05, 3.63) is 34.9 Å². The first-order chi connectivity index (χ1) is 7.71. The molecule has 0 amide bonds. The largest absolute Gasteiger partial charge is 0.391 e. The number of hydrogen-bond acceptors (Lipinski definition) is 2. The number of rotatable bonds is 3. The summed E-state index contributed by atoms with van der Waals surface area (Å²) in [6.45, 7) is 10.2. The maximum absolute atomic E-state index is 10.1. The van der Waals surface area contributed by atoms with Gasteiger partial charge in [0.1, 0.15) is 0 Å². The lowest BCUT2D eigenvalue weighted by Gasteiger charge is -2.31. The Kier molecular flexibility index (Phi) is 4.34. The van der Waals surface area contributed by atoms with Crippen molar-refractivity contribution in [2.24, 2.45) is 11.1 Å². The molecule has 2 atom stereocenters. The Morgan fingerprint density at radius 2 is 1.82 bits per heavy atom. The second kappa shape index (κ2) is 5.19. The van der Waals surface area contributed by atoms with E-state index in [-0.39, 0.29) is 11.5 Å². The van der Waals surface area contributed by atoms with Crippen molar-refractivity contribution in [1.29, 1.82) is 0 Å². The number of benzene rings is 1. The minimum Gasteiger partial charge on any atom is -0.391 e. The molecule has 0 saturated heterocycles. The molecule has 1 rings (SSSR count). The molecule has 0 aliphatic heterocycles. The Bertz CT molecular complexity index is 379. The molecule has 0 bridgehead atoms. The van der Waals surface area contributed by atoms with Crippen LogP contribution in [0, 0.1) is 19.3 Å². The summed E-state index contributed by atoms with van der Waals surface area (Å²) in [5.74, 6) is 0. The van der Waals surface area contributed by atoms with Gasteiger partial charge >= 0.3 is 0 Å². The summed E-state index contributed by atoms with van der Waals surface area (Å²) in [7, 11) is 0. The topological polar surface area (TPSA) is 46.2 Å². The lowest BCUT2D eigenvalue weighted by molar-refractivity contribution is 0.0405. The van der Waals surface area contributed by atoms with Gasteiger partial charge in [-0.2, -0.15) is 0 Å². The molecular weight excluding hydrogens is 210 g/mol. The van der Waals surface area contributed by atoms with Crippen molar-refractivity contribution < 1.29 is 5.11 Å². The number of aliphatic hydroxyl groups excluding tert-OH is 1. The van der Waals surface area contributed by atoms with E-state index in [0.717, 1.165) is 6.42 Å². The van der Waals surface area contributed by atoms with Gasteiger partial charge in [0.15, 0.2) is 0 Å². The zero-order valence-electron chi connectivity index (χ0n) is 11.6. The summed E-state index contributed by atoms with van der Waals surface area (Å²) in [5.41, 5.74) is 9.66. The first-order valence-corrected chi connectivity index (χ1v) is 6.21. The van der Waals surface area contributed by atoms with Gasteiger partial charge in [0.2, 0.25) is 0 Å². The van der Waals surface area contributed by atoms with Crippen LogP contribution in [0.3, 0.4) is 0 Å². The van der Waals surface area contributed by atoms with E-state index in [0.29, 0.717) is 0 Å². The molecule has 0 fully saturated rings. The van der Waals surface area contributed by atoms with E-state index in [1.54, 1.807) is 0 Å². The highest BCUT2D eigenvalue weighted by molar-refractivity contribution is 5.31. The van der Waals surface area contributed by atoms with Crippen LogP contribution in [0.4, 0.5) is 0 Å². The van der Waals surface area contributed by atoms with E-state index in [9.17, 15) is 5.11 Å². The number of aryl methyl sites for hydroxylation is 2. The highest BCUT2D eigenvalue weighted by Gasteiger charge is 2.28. The van der Waals surface area contributed by atoms with Crippen molar-refractivity contribution in [3.8, 4) is 0 Å². The Morgan fingerprint density at radius 1 is 1.24 bits per heavy atom. The van der Waals surface area contributed by atoms with E-state index in [4.69, 9.17) is 5.73 Å². The predicted molar refractivity (Wildman–Crippen MR) is 73.1 cm³/mol. The summed E-state index contributed by atoms with van der Waals surface area (Å²) >= 11 is 0. The van der Waals surface area contributed by atoms with Gasteiger partial charge in [0.05, 0.1) is 6.10 Å². The average Bonchev–Trinajstić information content (AvgIpc) is 2.19. The normalized spacial score (nSPS) is 15.7. The van der Waals surface area contributed by atoms with Crippen LogP contribution < -0.4 is 5.73 Å². The van der Waals surface area contributed by atoms with Crippen LogP contribution in [0.1, 0.15) is 37.5 Å². The quantitative estimate of drug-likeness (QED) is 0.846. The van der Waals surface area contributed by atoms with E-state index < -0.39 is 6.10 Å². The van der Waals surface area contributed by atoms with E-state index in [2.05, 4.69) is 32.0 Å². The van der Waals surface area contributed by atoms with Gasteiger partial charge < -0.3 is 10.8 Å². The lowest BCUT2D eigenvalue weighted by atomic mass is 9.82. The maximum atomic E-state index is 10.1. The molecule has 0 aliphatic rings. The van der Waals surface area contributed by atoms with Gasteiger partial charge in [-0.25, -0.2) is 0 Å². The number of nitrogens with two attached hydrogens (primary N) is 1.